The highest BCUT2D eigenvalue weighted by atomic mass is 32.1. The third-order valence-electron chi connectivity index (χ3n) is 2.58. The van der Waals surface area contributed by atoms with Gasteiger partial charge in [0.25, 0.3) is 5.91 Å². The Hall–Kier alpha value is -2.60. The van der Waals surface area contributed by atoms with E-state index in [1.54, 1.807) is 30.0 Å². The molecule has 0 unspecified atom stereocenters. The summed E-state index contributed by atoms with van der Waals surface area (Å²) in [5, 5.41) is 3.45. The van der Waals surface area contributed by atoms with Gasteiger partial charge in [-0.2, -0.15) is 0 Å². The van der Waals surface area contributed by atoms with Crippen molar-refractivity contribution in [3.63, 3.8) is 0 Å². The first kappa shape index (κ1) is 12.4. The zero-order chi connectivity index (χ0) is 13.8. The Morgan fingerprint density at radius 3 is 2.75 bits per heavy atom. The molecule has 98 valence electrons. The molecular weight excluding hydrogens is 272 g/mol. The number of rotatable bonds is 3. The number of hydrogen-bond donors (Lipinski definition) is 1. The second-order valence-corrected chi connectivity index (χ2v) is 4.83. The standard InChI is InChI=1S/C14H10N4OS/c19-14(18-13-8-15-9-20-13)12-6-3-5-11(17-12)10-4-1-2-7-16-10/h1-9H,(H,18,19). The first-order valence-electron chi connectivity index (χ1n) is 5.91. The lowest BCUT2D eigenvalue weighted by atomic mass is 10.2. The second kappa shape index (κ2) is 5.58. The van der Waals surface area contributed by atoms with E-state index in [1.807, 2.05) is 24.3 Å². The van der Waals surface area contributed by atoms with Gasteiger partial charge in [0.15, 0.2) is 0 Å². The molecular formula is C14H10N4OS. The third kappa shape index (κ3) is 2.70. The topological polar surface area (TPSA) is 67.8 Å². The number of anilines is 1. The van der Waals surface area contributed by atoms with E-state index in [9.17, 15) is 4.79 Å². The van der Waals surface area contributed by atoms with Gasteiger partial charge in [0, 0.05) is 6.20 Å². The van der Waals surface area contributed by atoms with Crippen LogP contribution in [0.25, 0.3) is 11.4 Å². The number of carbonyl (C=O) groups excluding carboxylic acids is 1. The Morgan fingerprint density at radius 2 is 2.00 bits per heavy atom. The lowest BCUT2D eigenvalue weighted by molar-refractivity contribution is 0.102. The minimum atomic E-state index is -0.257. The van der Waals surface area contributed by atoms with Gasteiger partial charge in [-0.05, 0) is 24.3 Å². The van der Waals surface area contributed by atoms with Crippen molar-refractivity contribution in [2.24, 2.45) is 0 Å². The van der Waals surface area contributed by atoms with Gasteiger partial charge in [0.2, 0.25) is 0 Å². The third-order valence-corrected chi connectivity index (χ3v) is 3.27. The van der Waals surface area contributed by atoms with Crippen LogP contribution in [0.5, 0.6) is 0 Å². The molecule has 0 fully saturated rings. The fourth-order valence-corrected chi connectivity index (χ4v) is 2.18. The Bertz CT molecular complexity index is 713. The van der Waals surface area contributed by atoms with Crippen LogP contribution in [-0.4, -0.2) is 20.9 Å². The zero-order valence-corrected chi connectivity index (χ0v) is 11.2. The van der Waals surface area contributed by atoms with E-state index in [-0.39, 0.29) is 5.91 Å². The summed E-state index contributed by atoms with van der Waals surface area (Å²) in [6.45, 7) is 0. The molecule has 1 amide bonds. The van der Waals surface area contributed by atoms with Crippen molar-refractivity contribution >= 4 is 22.2 Å². The molecule has 0 aliphatic heterocycles. The van der Waals surface area contributed by atoms with E-state index in [4.69, 9.17) is 0 Å². The van der Waals surface area contributed by atoms with Crippen molar-refractivity contribution in [2.45, 2.75) is 0 Å². The predicted molar refractivity (Wildman–Crippen MR) is 77.5 cm³/mol. The molecule has 3 aromatic heterocycles. The van der Waals surface area contributed by atoms with Crippen molar-refractivity contribution in [1.29, 1.82) is 0 Å². The van der Waals surface area contributed by atoms with Crippen LogP contribution in [0, 0.1) is 0 Å². The van der Waals surface area contributed by atoms with E-state index in [0.717, 1.165) is 5.69 Å². The van der Waals surface area contributed by atoms with Crippen LogP contribution in [0.4, 0.5) is 5.00 Å². The predicted octanol–water partition coefficient (Wildman–Crippen LogP) is 2.85. The first-order chi connectivity index (χ1) is 9.83. The minimum absolute atomic E-state index is 0.257. The summed E-state index contributed by atoms with van der Waals surface area (Å²) in [6, 6.07) is 10.9. The van der Waals surface area contributed by atoms with E-state index in [0.29, 0.717) is 16.4 Å². The fraction of sp³-hybridized carbons (Fsp3) is 0. The number of thiazole rings is 1. The highest BCUT2D eigenvalue weighted by Gasteiger charge is 2.10. The largest absolute Gasteiger partial charge is 0.311 e. The molecule has 0 saturated heterocycles. The van der Waals surface area contributed by atoms with Crippen molar-refractivity contribution in [1.82, 2.24) is 15.0 Å². The molecule has 0 saturated carbocycles. The molecule has 0 aliphatic carbocycles. The highest BCUT2D eigenvalue weighted by molar-refractivity contribution is 7.14. The van der Waals surface area contributed by atoms with E-state index in [1.165, 1.54) is 11.3 Å². The van der Waals surface area contributed by atoms with Crippen LogP contribution >= 0.6 is 11.3 Å². The smallest absolute Gasteiger partial charge is 0.274 e. The van der Waals surface area contributed by atoms with Crippen LogP contribution in [0.3, 0.4) is 0 Å². The molecule has 0 radical (unpaired) electrons. The molecule has 6 heteroatoms. The van der Waals surface area contributed by atoms with Gasteiger partial charge in [-0.1, -0.05) is 12.1 Å². The molecule has 0 aliphatic rings. The number of aromatic nitrogens is 3. The van der Waals surface area contributed by atoms with E-state index < -0.39 is 0 Å². The fourth-order valence-electron chi connectivity index (χ4n) is 1.67. The average Bonchev–Trinajstić information content (AvgIpc) is 3.01. The van der Waals surface area contributed by atoms with Crippen LogP contribution in [0.2, 0.25) is 0 Å². The summed E-state index contributed by atoms with van der Waals surface area (Å²) in [7, 11) is 0. The Morgan fingerprint density at radius 1 is 1.10 bits per heavy atom. The van der Waals surface area contributed by atoms with E-state index in [2.05, 4.69) is 20.3 Å². The maximum absolute atomic E-state index is 12.1. The van der Waals surface area contributed by atoms with Gasteiger partial charge in [-0.15, -0.1) is 11.3 Å². The van der Waals surface area contributed by atoms with Crippen LogP contribution in [0.15, 0.2) is 54.3 Å². The number of nitrogens with zero attached hydrogens (tertiary/aromatic N) is 3. The van der Waals surface area contributed by atoms with Gasteiger partial charge in [-0.3, -0.25) is 14.8 Å². The summed E-state index contributed by atoms with van der Waals surface area (Å²) in [6.07, 6.45) is 3.30. The molecule has 0 aromatic carbocycles. The Labute approximate surface area is 119 Å². The van der Waals surface area contributed by atoms with Crippen LogP contribution in [0.1, 0.15) is 10.5 Å². The second-order valence-electron chi connectivity index (χ2n) is 3.94. The quantitative estimate of drug-likeness (QED) is 0.802. The molecule has 0 atom stereocenters. The molecule has 3 aromatic rings. The van der Waals surface area contributed by atoms with Crippen molar-refractivity contribution in [3.05, 3.63) is 60.0 Å². The summed E-state index contributed by atoms with van der Waals surface area (Å²) in [4.78, 5) is 24.5. The number of nitrogens with one attached hydrogen (secondary N) is 1. The molecule has 0 spiro atoms. The van der Waals surface area contributed by atoms with Gasteiger partial charge >= 0.3 is 0 Å². The lowest BCUT2D eigenvalue weighted by Crippen LogP contribution is -2.13. The normalized spacial score (nSPS) is 10.2. The Kier molecular flexibility index (Phi) is 3.47. The van der Waals surface area contributed by atoms with Crippen LogP contribution in [-0.2, 0) is 0 Å². The molecule has 5 nitrogen and oxygen atoms in total. The van der Waals surface area contributed by atoms with Crippen molar-refractivity contribution in [2.75, 3.05) is 5.32 Å². The lowest BCUT2D eigenvalue weighted by Gasteiger charge is -2.04. The SMILES string of the molecule is O=C(Nc1cncs1)c1cccc(-c2ccccn2)n1. The maximum Gasteiger partial charge on any atom is 0.274 e. The summed E-state index contributed by atoms with van der Waals surface area (Å²) < 4.78 is 0. The maximum atomic E-state index is 12.1. The van der Waals surface area contributed by atoms with Gasteiger partial charge in [-0.25, -0.2) is 4.98 Å². The van der Waals surface area contributed by atoms with Crippen molar-refractivity contribution in [3.8, 4) is 11.4 Å². The number of pyridine rings is 2. The van der Waals surface area contributed by atoms with E-state index >= 15 is 0 Å². The van der Waals surface area contributed by atoms with Crippen LogP contribution < -0.4 is 5.32 Å². The van der Waals surface area contributed by atoms with Gasteiger partial charge in [0.05, 0.1) is 23.1 Å². The summed E-state index contributed by atoms with van der Waals surface area (Å²) >= 11 is 1.36. The number of hydrogen-bond acceptors (Lipinski definition) is 5. The zero-order valence-electron chi connectivity index (χ0n) is 10.4. The average molecular weight is 282 g/mol. The summed E-state index contributed by atoms with van der Waals surface area (Å²) in [5.41, 5.74) is 3.41. The molecule has 20 heavy (non-hydrogen) atoms. The molecule has 1 N–H and O–H groups in total. The Balaban J connectivity index is 1.86. The monoisotopic (exact) mass is 282 g/mol. The highest BCUT2D eigenvalue weighted by Crippen LogP contribution is 2.16. The minimum Gasteiger partial charge on any atom is -0.311 e. The molecule has 0 bridgehead atoms. The van der Waals surface area contributed by atoms with Gasteiger partial charge < -0.3 is 5.32 Å². The summed E-state index contributed by atoms with van der Waals surface area (Å²) in [5.74, 6) is -0.257. The molecule has 3 heterocycles. The van der Waals surface area contributed by atoms with Crippen molar-refractivity contribution < 1.29 is 4.79 Å². The number of carbonyl (C=O) groups is 1. The molecule has 3 rings (SSSR count). The first-order valence-corrected chi connectivity index (χ1v) is 6.79. The van der Waals surface area contributed by atoms with Gasteiger partial charge in [0.1, 0.15) is 10.7 Å². The number of amides is 1.